The first-order valence-electron chi connectivity index (χ1n) is 12.3. The minimum absolute atomic E-state index is 0.625. The monoisotopic (exact) mass is 491 g/mol. The molecule has 5 aromatic rings. The number of piperazine rings is 1. The Hall–Kier alpha value is -4.01. The van der Waals surface area contributed by atoms with Gasteiger partial charge in [-0.3, -0.25) is 4.40 Å². The fraction of sp³-hybridized carbons (Fsp3) is 0.200. The highest BCUT2D eigenvalue weighted by Crippen LogP contribution is 2.36. The van der Waals surface area contributed by atoms with Crippen LogP contribution in [0.1, 0.15) is 22.3 Å². The SMILES string of the molecule is Cc1c(Cc2ccccc2Cl)c(N2CCN(c3ccccc3)CC2)n2c(nc3ccccc32)c1C#N. The molecule has 0 saturated carbocycles. The number of nitrogens with zero attached hydrogens (tertiary/aromatic N) is 5. The van der Waals surface area contributed by atoms with Gasteiger partial charge in [0.25, 0.3) is 0 Å². The van der Waals surface area contributed by atoms with E-state index >= 15 is 0 Å². The van der Waals surface area contributed by atoms with Crippen LogP contribution < -0.4 is 9.80 Å². The minimum Gasteiger partial charge on any atom is -0.368 e. The summed E-state index contributed by atoms with van der Waals surface area (Å²) in [5.74, 6) is 1.11. The zero-order valence-electron chi connectivity index (χ0n) is 20.2. The molecule has 0 atom stereocenters. The summed E-state index contributed by atoms with van der Waals surface area (Å²) in [7, 11) is 0. The number of imidazole rings is 1. The third-order valence-electron chi connectivity index (χ3n) is 7.23. The number of benzene rings is 3. The Labute approximate surface area is 215 Å². The first-order chi connectivity index (χ1) is 17.7. The molecule has 178 valence electrons. The van der Waals surface area contributed by atoms with Gasteiger partial charge in [0.15, 0.2) is 5.65 Å². The fourth-order valence-electron chi connectivity index (χ4n) is 5.35. The summed E-state index contributed by atoms with van der Waals surface area (Å²) in [6.07, 6.45) is 0.650. The van der Waals surface area contributed by atoms with Crippen molar-refractivity contribution in [3.05, 3.63) is 106 Å². The van der Waals surface area contributed by atoms with E-state index in [0.29, 0.717) is 12.0 Å². The summed E-state index contributed by atoms with van der Waals surface area (Å²) >= 11 is 6.61. The summed E-state index contributed by atoms with van der Waals surface area (Å²) in [6, 6.07) is 29.2. The summed E-state index contributed by atoms with van der Waals surface area (Å²) in [4.78, 5) is 9.80. The number of hydrogen-bond donors (Lipinski definition) is 0. The van der Waals surface area contributed by atoms with Crippen molar-refractivity contribution in [3.63, 3.8) is 0 Å². The predicted molar refractivity (Wildman–Crippen MR) is 147 cm³/mol. The van der Waals surface area contributed by atoms with Crippen molar-refractivity contribution in [2.24, 2.45) is 0 Å². The van der Waals surface area contributed by atoms with Gasteiger partial charge in [0.05, 0.1) is 16.6 Å². The van der Waals surface area contributed by atoms with Crippen molar-refractivity contribution in [3.8, 4) is 6.07 Å². The minimum atomic E-state index is 0.625. The molecule has 1 aliphatic rings. The number of aromatic nitrogens is 2. The number of anilines is 2. The topological polar surface area (TPSA) is 47.6 Å². The fourth-order valence-corrected chi connectivity index (χ4v) is 5.56. The second kappa shape index (κ2) is 9.22. The van der Waals surface area contributed by atoms with Gasteiger partial charge in [-0.2, -0.15) is 5.26 Å². The highest BCUT2D eigenvalue weighted by Gasteiger charge is 2.27. The summed E-state index contributed by atoms with van der Waals surface area (Å²) in [5, 5.41) is 10.9. The van der Waals surface area contributed by atoms with Crippen LogP contribution in [0.3, 0.4) is 0 Å². The van der Waals surface area contributed by atoms with E-state index in [4.69, 9.17) is 16.6 Å². The lowest BCUT2D eigenvalue weighted by Crippen LogP contribution is -2.47. The molecule has 3 aromatic carbocycles. The molecule has 0 unspecified atom stereocenters. The van der Waals surface area contributed by atoms with E-state index in [0.717, 1.165) is 70.4 Å². The van der Waals surface area contributed by atoms with Gasteiger partial charge >= 0.3 is 0 Å². The van der Waals surface area contributed by atoms with Gasteiger partial charge in [-0.05, 0) is 48.4 Å². The first-order valence-corrected chi connectivity index (χ1v) is 12.6. The van der Waals surface area contributed by atoms with Crippen molar-refractivity contribution in [1.82, 2.24) is 9.38 Å². The van der Waals surface area contributed by atoms with E-state index in [1.165, 1.54) is 5.69 Å². The maximum Gasteiger partial charge on any atom is 0.157 e. The van der Waals surface area contributed by atoms with E-state index in [-0.39, 0.29) is 0 Å². The molecule has 1 fully saturated rings. The van der Waals surface area contributed by atoms with Crippen LogP contribution in [0, 0.1) is 18.3 Å². The largest absolute Gasteiger partial charge is 0.368 e. The highest BCUT2D eigenvalue weighted by molar-refractivity contribution is 6.31. The van der Waals surface area contributed by atoms with E-state index in [9.17, 15) is 5.26 Å². The van der Waals surface area contributed by atoms with Crippen molar-refractivity contribution in [2.45, 2.75) is 13.3 Å². The lowest BCUT2D eigenvalue weighted by atomic mass is 9.97. The Kier molecular flexibility index (Phi) is 5.75. The van der Waals surface area contributed by atoms with Gasteiger partial charge < -0.3 is 9.80 Å². The summed E-state index contributed by atoms with van der Waals surface area (Å²) in [6.45, 7) is 5.63. The molecule has 6 heteroatoms. The van der Waals surface area contributed by atoms with Crippen LogP contribution >= 0.6 is 11.6 Å². The Morgan fingerprint density at radius 1 is 0.861 bits per heavy atom. The molecule has 3 heterocycles. The Bertz CT molecular complexity index is 1610. The van der Waals surface area contributed by atoms with E-state index in [1.54, 1.807) is 0 Å². The maximum atomic E-state index is 10.2. The molecule has 2 aromatic heterocycles. The first kappa shape index (κ1) is 22.5. The number of rotatable bonds is 4. The summed E-state index contributed by atoms with van der Waals surface area (Å²) in [5.41, 5.74) is 7.67. The molecule has 0 radical (unpaired) electrons. The van der Waals surface area contributed by atoms with E-state index in [1.807, 2.05) is 43.3 Å². The normalized spacial score (nSPS) is 13.9. The Balaban J connectivity index is 1.53. The van der Waals surface area contributed by atoms with Crippen LogP contribution in [-0.2, 0) is 6.42 Å². The van der Waals surface area contributed by atoms with Crippen molar-refractivity contribution >= 4 is 39.8 Å². The molecule has 36 heavy (non-hydrogen) atoms. The maximum absolute atomic E-state index is 10.2. The number of fused-ring (bicyclic) bond motifs is 3. The van der Waals surface area contributed by atoms with Crippen molar-refractivity contribution in [2.75, 3.05) is 36.0 Å². The van der Waals surface area contributed by atoms with Crippen LogP contribution in [0.15, 0.2) is 78.9 Å². The number of pyridine rings is 1. The molecule has 0 aliphatic carbocycles. The van der Waals surface area contributed by atoms with E-state index < -0.39 is 0 Å². The molecular formula is C30H26ClN5. The highest BCUT2D eigenvalue weighted by atomic mass is 35.5. The predicted octanol–water partition coefficient (Wildman–Crippen LogP) is 6.24. The van der Waals surface area contributed by atoms with Crippen LogP contribution in [0.25, 0.3) is 16.7 Å². The Morgan fingerprint density at radius 3 is 2.28 bits per heavy atom. The average molecular weight is 492 g/mol. The third kappa shape index (κ3) is 3.75. The zero-order chi connectivity index (χ0) is 24.6. The molecular weight excluding hydrogens is 466 g/mol. The van der Waals surface area contributed by atoms with Gasteiger partial charge in [-0.25, -0.2) is 4.98 Å². The Morgan fingerprint density at radius 2 is 1.53 bits per heavy atom. The second-order valence-electron chi connectivity index (χ2n) is 9.25. The lowest BCUT2D eigenvalue weighted by molar-refractivity contribution is 0.643. The van der Waals surface area contributed by atoms with Gasteiger partial charge in [0.1, 0.15) is 11.9 Å². The van der Waals surface area contributed by atoms with Crippen LogP contribution in [-0.4, -0.2) is 35.6 Å². The number of halogens is 1. The second-order valence-corrected chi connectivity index (χ2v) is 9.66. The average Bonchev–Trinajstić information content (AvgIpc) is 3.30. The number of hydrogen-bond acceptors (Lipinski definition) is 4. The molecule has 5 nitrogen and oxygen atoms in total. The molecule has 0 N–H and O–H groups in total. The van der Waals surface area contributed by atoms with Gasteiger partial charge in [-0.15, -0.1) is 0 Å². The third-order valence-corrected chi connectivity index (χ3v) is 7.60. The van der Waals surface area contributed by atoms with Gasteiger partial charge in [0.2, 0.25) is 0 Å². The van der Waals surface area contributed by atoms with Crippen LogP contribution in [0.5, 0.6) is 0 Å². The lowest BCUT2D eigenvalue weighted by Gasteiger charge is -2.39. The molecule has 0 amide bonds. The smallest absolute Gasteiger partial charge is 0.157 e. The quantitative estimate of drug-likeness (QED) is 0.298. The zero-order valence-corrected chi connectivity index (χ0v) is 20.9. The van der Waals surface area contributed by atoms with Crippen molar-refractivity contribution < 1.29 is 0 Å². The van der Waals surface area contributed by atoms with Gasteiger partial charge in [0, 0.05) is 48.9 Å². The number of nitriles is 1. The molecule has 6 rings (SSSR count). The number of para-hydroxylation sites is 3. The van der Waals surface area contributed by atoms with Gasteiger partial charge in [-0.1, -0.05) is 60.1 Å². The van der Waals surface area contributed by atoms with Crippen LogP contribution in [0.2, 0.25) is 5.02 Å². The standard InChI is InChI=1S/C30H26ClN5/c1-21-24(19-22-9-5-6-12-26(22)31)30(35-17-15-34(16-18-35)23-10-3-2-4-11-23)36-28-14-8-7-13-27(28)33-29(36)25(21)20-32/h2-14H,15-19H2,1H3. The van der Waals surface area contributed by atoms with Crippen molar-refractivity contribution in [1.29, 1.82) is 5.26 Å². The molecule has 1 saturated heterocycles. The molecule has 1 aliphatic heterocycles. The molecule has 0 bridgehead atoms. The molecule has 0 spiro atoms. The van der Waals surface area contributed by atoms with E-state index in [2.05, 4.69) is 62.7 Å². The summed E-state index contributed by atoms with van der Waals surface area (Å²) < 4.78 is 2.20. The van der Waals surface area contributed by atoms with Crippen LogP contribution in [0.4, 0.5) is 11.5 Å².